The van der Waals surface area contributed by atoms with E-state index < -0.39 is 21.8 Å². The van der Waals surface area contributed by atoms with Gasteiger partial charge in [-0.15, -0.1) is 0 Å². The van der Waals surface area contributed by atoms with Gasteiger partial charge in [0.1, 0.15) is 5.82 Å². The third kappa shape index (κ3) is 3.88. The SMILES string of the molecule is Cc1ccc2nc(N3CCS(=O)(=O)c4ccccc4C3)cc(C(N)CC(N)=O)c2c1. The molecule has 1 aliphatic rings. The average molecular weight is 425 g/mol. The number of aromatic nitrogens is 1. The smallest absolute Gasteiger partial charge is 0.219 e. The van der Waals surface area contributed by atoms with Gasteiger partial charge < -0.3 is 16.4 Å². The fourth-order valence-corrected chi connectivity index (χ4v) is 5.40. The molecule has 1 atom stereocenters. The van der Waals surface area contributed by atoms with Crippen molar-refractivity contribution in [3.8, 4) is 0 Å². The van der Waals surface area contributed by atoms with Crippen LogP contribution in [0, 0.1) is 6.92 Å². The number of amides is 1. The van der Waals surface area contributed by atoms with E-state index >= 15 is 0 Å². The van der Waals surface area contributed by atoms with Crippen LogP contribution in [-0.4, -0.2) is 31.6 Å². The highest BCUT2D eigenvalue weighted by atomic mass is 32.2. The third-order valence-corrected chi connectivity index (χ3v) is 7.21. The maximum Gasteiger partial charge on any atom is 0.219 e. The number of nitrogens with zero attached hydrogens (tertiary/aromatic N) is 2. The molecule has 0 saturated heterocycles. The molecule has 1 aliphatic heterocycles. The predicted octanol–water partition coefficient (Wildman–Crippen LogP) is 2.21. The largest absolute Gasteiger partial charge is 0.370 e. The number of benzene rings is 2. The van der Waals surface area contributed by atoms with Gasteiger partial charge >= 0.3 is 0 Å². The molecule has 1 amide bonds. The van der Waals surface area contributed by atoms with Crippen molar-refractivity contribution in [2.75, 3.05) is 17.2 Å². The van der Waals surface area contributed by atoms with E-state index in [1.807, 2.05) is 48.2 Å². The Morgan fingerprint density at radius 3 is 2.73 bits per heavy atom. The molecule has 2 heterocycles. The molecule has 0 fully saturated rings. The van der Waals surface area contributed by atoms with Gasteiger partial charge in [-0.1, -0.05) is 29.8 Å². The fourth-order valence-electron chi connectivity index (χ4n) is 3.91. The number of anilines is 1. The molecule has 2 aromatic carbocycles. The van der Waals surface area contributed by atoms with E-state index in [0.29, 0.717) is 23.8 Å². The molecule has 0 aliphatic carbocycles. The van der Waals surface area contributed by atoms with E-state index in [2.05, 4.69) is 0 Å². The van der Waals surface area contributed by atoms with Crippen LogP contribution in [0.25, 0.3) is 10.9 Å². The van der Waals surface area contributed by atoms with Gasteiger partial charge in [0.15, 0.2) is 9.84 Å². The average Bonchev–Trinajstić information content (AvgIpc) is 2.83. The van der Waals surface area contributed by atoms with Crippen LogP contribution in [0.2, 0.25) is 0 Å². The molecule has 7 nitrogen and oxygen atoms in total. The maximum absolute atomic E-state index is 12.7. The maximum atomic E-state index is 12.7. The summed E-state index contributed by atoms with van der Waals surface area (Å²) in [5.74, 6) is 0.157. The number of aryl methyl sites for hydroxylation is 1. The van der Waals surface area contributed by atoms with Crippen LogP contribution < -0.4 is 16.4 Å². The van der Waals surface area contributed by atoms with Crippen LogP contribution in [0.4, 0.5) is 5.82 Å². The quantitative estimate of drug-likeness (QED) is 0.663. The standard InChI is InChI=1S/C22H24N4O3S/c1-14-6-7-19-17(10-14)16(18(23)12-21(24)27)11-22(25-19)26-8-9-30(28,29)20-5-3-2-4-15(20)13-26/h2-7,10-11,18H,8-9,12-13,23H2,1H3,(H2,24,27). The van der Waals surface area contributed by atoms with E-state index in [1.165, 1.54) is 0 Å². The molecular formula is C22H24N4O3S. The van der Waals surface area contributed by atoms with Gasteiger partial charge in [0, 0.05) is 30.9 Å². The van der Waals surface area contributed by atoms with E-state index in [-0.39, 0.29) is 12.2 Å². The first-order valence-corrected chi connectivity index (χ1v) is 11.4. The molecule has 1 aromatic heterocycles. The first-order chi connectivity index (χ1) is 14.2. The molecule has 4 N–H and O–H groups in total. The molecule has 0 spiro atoms. The minimum atomic E-state index is -3.37. The summed E-state index contributed by atoms with van der Waals surface area (Å²) in [7, 11) is -3.37. The molecule has 0 saturated carbocycles. The summed E-state index contributed by atoms with van der Waals surface area (Å²) in [6.07, 6.45) is 0.0176. The summed E-state index contributed by atoms with van der Waals surface area (Å²) < 4.78 is 25.4. The van der Waals surface area contributed by atoms with E-state index in [9.17, 15) is 13.2 Å². The lowest BCUT2D eigenvalue weighted by Gasteiger charge is -2.24. The molecule has 3 aromatic rings. The Bertz CT molecular complexity index is 1240. The van der Waals surface area contributed by atoms with Gasteiger partial charge in [-0.25, -0.2) is 13.4 Å². The summed E-state index contributed by atoms with van der Waals surface area (Å²) in [4.78, 5) is 18.6. The van der Waals surface area contributed by atoms with Gasteiger partial charge in [0.05, 0.1) is 16.2 Å². The molecule has 8 heteroatoms. The summed E-state index contributed by atoms with van der Waals surface area (Å²) in [5, 5.41) is 0.871. The normalized spacial score (nSPS) is 16.7. The second-order valence-electron chi connectivity index (χ2n) is 7.72. The van der Waals surface area contributed by atoms with Crippen LogP contribution >= 0.6 is 0 Å². The highest BCUT2D eigenvalue weighted by Crippen LogP contribution is 2.31. The number of rotatable bonds is 4. The Balaban J connectivity index is 1.83. The van der Waals surface area contributed by atoms with E-state index in [1.54, 1.807) is 12.1 Å². The number of nitrogens with two attached hydrogens (primary N) is 2. The van der Waals surface area contributed by atoms with Crippen molar-refractivity contribution in [3.63, 3.8) is 0 Å². The van der Waals surface area contributed by atoms with Gasteiger partial charge in [0.25, 0.3) is 0 Å². The van der Waals surface area contributed by atoms with Gasteiger partial charge in [-0.3, -0.25) is 4.79 Å². The lowest BCUT2D eigenvalue weighted by molar-refractivity contribution is -0.118. The Hall–Kier alpha value is -2.97. The van der Waals surface area contributed by atoms with Crippen LogP contribution in [0.1, 0.15) is 29.2 Å². The number of primary amides is 1. The summed E-state index contributed by atoms with van der Waals surface area (Å²) in [6, 6.07) is 14.2. The molecule has 1 unspecified atom stereocenters. The highest BCUT2D eigenvalue weighted by Gasteiger charge is 2.26. The van der Waals surface area contributed by atoms with Crippen molar-refractivity contribution < 1.29 is 13.2 Å². The van der Waals surface area contributed by atoms with Crippen LogP contribution in [0.15, 0.2) is 53.4 Å². The van der Waals surface area contributed by atoms with Gasteiger partial charge in [-0.05, 0) is 42.3 Å². The number of hydrogen-bond acceptors (Lipinski definition) is 6. The minimum absolute atomic E-state index is 0.000299. The second-order valence-corrected chi connectivity index (χ2v) is 9.79. The lowest BCUT2D eigenvalue weighted by Crippen LogP contribution is -2.27. The first-order valence-electron chi connectivity index (χ1n) is 9.75. The second kappa shape index (κ2) is 7.70. The van der Waals surface area contributed by atoms with Crippen molar-refractivity contribution in [3.05, 3.63) is 65.2 Å². The predicted molar refractivity (Wildman–Crippen MR) is 117 cm³/mol. The Labute approximate surface area is 175 Å². The number of sulfone groups is 1. The van der Waals surface area contributed by atoms with Crippen molar-refractivity contribution in [2.45, 2.75) is 30.8 Å². The molecule has 156 valence electrons. The number of fused-ring (bicyclic) bond motifs is 2. The summed E-state index contributed by atoms with van der Waals surface area (Å²) in [6.45, 7) is 2.71. The zero-order valence-corrected chi connectivity index (χ0v) is 17.5. The Morgan fingerprint density at radius 1 is 1.20 bits per heavy atom. The first kappa shape index (κ1) is 20.3. The molecule has 30 heavy (non-hydrogen) atoms. The van der Waals surface area contributed by atoms with Crippen LogP contribution in [0.5, 0.6) is 0 Å². The van der Waals surface area contributed by atoms with Crippen molar-refractivity contribution in [1.82, 2.24) is 4.98 Å². The number of pyridine rings is 1. The highest BCUT2D eigenvalue weighted by molar-refractivity contribution is 7.91. The van der Waals surface area contributed by atoms with Crippen molar-refractivity contribution in [1.29, 1.82) is 0 Å². The molecule has 4 rings (SSSR count). The topological polar surface area (TPSA) is 119 Å². The summed E-state index contributed by atoms with van der Waals surface area (Å²) >= 11 is 0. The lowest BCUT2D eigenvalue weighted by atomic mass is 9.98. The summed E-state index contributed by atoms with van der Waals surface area (Å²) in [5.41, 5.74) is 15.0. The number of hydrogen-bond donors (Lipinski definition) is 2. The molecule has 0 bridgehead atoms. The number of carbonyl (C=O) groups is 1. The zero-order valence-electron chi connectivity index (χ0n) is 16.7. The van der Waals surface area contributed by atoms with Crippen molar-refractivity contribution in [2.24, 2.45) is 11.5 Å². The fraction of sp³-hybridized carbons (Fsp3) is 0.273. The monoisotopic (exact) mass is 424 g/mol. The van der Waals surface area contributed by atoms with Crippen molar-refractivity contribution >= 4 is 32.5 Å². The minimum Gasteiger partial charge on any atom is -0.370 e. The zero-order chi connectivity index (χ0) is 21.5. The number of carbonyl (C=O) groups excluding carboxylic acids is 1. The van der Waals surface area contributed by atoms with E-state index in [0.717, 1.165) is 27.6 Å². The molecular weight excluding hydrogens is 400 g/mol. The van der Waals surface area contributed by atoms with Crippen LogP contribution in [-0.2, 0) is 21.2 Å². The Morgan fingerprint density at radius 2 is 1.97 bits per heavy atom. The third-order valence-electron chi connectivity index (χ3n) is 5.43. The van der Waals surface area contributed by atoms with Gasteiger partial charge in [0.2, 0.25) is 5.91 Å². The van der Waals surface area contributed by atoms with E-state index in [4.69, 9.17) is 16.5 Å². The Kier molecular flexibility index (Phi) is 5.21. The van der Waals surface area contributed by atoms with Crippen LogP contribution in [0.3, 0.4) is 0 Å². The van der Waals surface area contributed by atoms with Gasteiger partial charge in [-0.2, -0.15) is 0 Å². The molecule has 0 radical (unpaired) electrons.